The van der Waals surface area contributed by atoms with Crippen molar-refractivity contribution in [3.05, 3.63) is 113 Å². The minimum Gasteiger partial charge on any atom is -0.456 e. The van der Waals surface area contributed by atoms with Crippen LogP contribution in [0.4, 0.5) is 17.1 Å². The molecule has 5 nitrogen and oxygen atoms in total. The molecule has 2 aliphatic heterocycles. The number of hydrogen-bond donors (Lipinski definition) is 2. The Bertz CT molecular complexity index is 1560. The van der Waals surface area contributed by atoms with E-state index in [1.807, 2.05) is 72.8 Å². The first kappa shape index (κ1) is 25.1. The highest BCUT2D eigenvalue weighted by Crippen LogP contribution is 2.58. The minimum absolute atomic E-state index is 0.227. The van der Waals surface area contributed by atoms with Gasteiger partial charge in [-0.25, -0.2) is 4.79 Å². The first-order valence-electron chi connectivity index (χ1n) is 13.7. The number of aryl methyl sites for hydroxylation is 1. The third kappa shape index (κ3) is 4.22. The van der Waals surface area contributed by atoms with Gasteiger partial charge in [-0.15, -0.1) is 0 Å². The summed E-state index contributed by atoms with van der Waals surface area (Å²) in [6, 6.07) is 27.9. The third-order valence-electron chi connectivity index (χ3n) is 8.20. The zero-order chi connectivity index (χ0) is 27.2. The van der Waals surface area contributed by atoms with Crippen LogP contribution < -0.4 is 15.4 Å². The van der Waals surface area contributed by atoms with Gasteiger partial charge in [0.05, 0.1) is 11.1 Å². The van der Waals surface area contributed by atoms with E-state index in [4.69, 9.17) is 9.47 Å². The van der Waals surface area contributed by atoms with E-state index < -0.39 is 5.60 Å². The fourth-order valence-electron chi connectivity index (χ4n) is 5.55. The van der Waals surface area contributed by atoms with Crippen molar-refractivity contribution in [3.63, 3.8) is 0 Å². The summed E-state index contributed by atoms with van der Waals surface area (Å²) in [6.07, 6.45) is 2.11. The molecule has 2 N–H and O–H groups in total. The van der Waals surface area contributed by atoms with Crippen molar-refractivity contribution < 1.29 is 14.3 Å². The Kier molecular flexibility index (Phi) is 6.10. The molecular formula is C34H34N2O3. The lowest BCUT2D eigenvalue weighted by Gasteiger charge is -2.38. The Morgan fingerprint density at radius 1 is 0.846 bits per heavy atom. The van der Waals surface area contributed by atoms with E-state index in [2.05, 4.69) is 50.5 Å². The fourth-order valence-corrected chi connectivity index (χ4v) is 5.55. The van der Waals surface area contributed by atoms with Crippen molar-refractivity contribution in [2.24, 2.45) is 5.41 Å². The summed E-state index contributed by atoms with van der Waals surface area (Å²) in [6.45, 7) is 9.65. The number of carbonyl (C=O) groups excluding carboxylic acids is 1. The maximum atomic E-state index is 13.4. The van der Waals surface area contributed by atoms with Crippen molar-refractivity contribution in [1.29, 1.82) is 0 Å². The number of fused-ring (bicyclic) bond motifs is 6. The summed E-state index contributed by atoms with van der Waals surface area (Å²) in [4.78, 5) is 13.4. The van der Waals surface area contributed by atoms with Crippen LogP contribution in [0.25, 0.3) is 0 Å². The van der Waals surface area contributed by atoms with Crippen LogP contribution in [-0.4, -0.2) is 12.5 Å². The first-order chi connectivity index (χ1) is 18.8. The van der Waals surface area contributed by atoms with E-state index >= 15 is 0 Å². The molecule has 0 radical (unpaired) electrons. The summed E-state index contributed by atoms with van der Waals surface area (Å²) in [7, 11) is 0. The lowest BCUT2D eigenvalue weighted by molar-refractivity contribution is 0.0227. The second-order valence-corrected chi connectivity index (χ2v) is 11.2. The summed E-state index contributed by atoms with van der Waals surface area (Å²) in [5.74, 6) is 1.05. The highest BCUT2D eigenvalue weighted by Gasteiger charge is 2.54. The predicted octanol–water partition coefficient (Wildman–Crippen LogP) is 8.54. The number of esters is 1. The summed E-state index contributed by atoms with van der Waals surface area (Å²) >= 11 is 0. The molecule has 2 aliphatic rings. The van der Waals surface area contributed by atoms with Gasteiger partial charge in [-0.3, -0.25) is 0 Å². The highest BCUT2D eigenvalue weighted by molar-refractivity contribution is 5.97. The molecule has 6 rings (SSSR count). The van der Waals surface area contributed by atoms with Crippen molar-refractivity contribution in [3.8, 4) is 11.5 Å². The predicted molar refractivity (Wildman–Crippen MR) is 156 cm³/mol. The van der Waals surface area contributed by atoms with Crippen LogP contribution in [0.3, 0.4) is 0 Å². The number of para-hydroxylation sites is 1. The van der Waals surface area contributed by atoms with Crippen molar-refractivity contribution in [1.82, 2.24) is 0 Å². The number of carbonyl (C=O) groups is 1. The molecule has 198 valence electrons. The molecule has 0 fully saturated rings. The largest absolute Gasteiger partial charge is 0.456 e. The number of nitrogens with one attached hydrogen (secondary N) is 2. The molecule has 4 aromatic carbocycles. The molecule has 0 saturated heterocycles. The normalized spacial score (nSPS) is 17.1. The minimum atomic E-state index is -1.14. The van der Waals surface area contributed by atoms with Crippen molar-refractivity contribution in [2.45, 2.75) is 46.1 Å². The number of ether oxygens (including phenoxy) is 2. The van der Waals surface area contributed by atoms with Crippen molar-refractivity contribution in [2.75, 3.05) is 17.2 Å². The van der Waals surface area contributed by atoms with Crippen LogP contribution in [0.5, 0.6) is 11.5 Å². The standard InChI is InChI=1S/C34H34N2O3/c1-5-33(3,4)18-19-35-27-16-11-17-29-31(27)34(25-15-10-9-14-24(25)32(37)39-34)26-21-28(22(2)20-30(26)38-29)36-23-12-7-6-8-13-23/h6-17,20-21,35-36H,5,18-19H2,1-4H3. The molecule has 39 heavy (non-hydrogen) atoms. The molecule has 5 heteroatoms. The van der Waals surface area contributed by atoms with E-state index in [0.29, 0.717) is 17.1 Å². The summed E-state index contributed by atoms with van der Waals surface area (Å²) < 4.78 is 13.0. The van der Waals surface area contributed by atoms with Gasteiger partial charge in [-0.05, 0) is 66.8 Å². The molecule has 0 amide bonds. The molecular weight excluding hydrogens is 484 g/mol. The molecule has 0 saturated carbocycles. The molecule has 0 bridgehead atoms. The smallest absolute Gasteiger partial charge is 0.340 e. The van der Waals surface area contributed by atoms with Gasteiger partial charge in [0.1, 0.15) is 11.5 Å². The Hall–Kier alpha value is -4.25. The zero-order valence-electron chi connectivity index (χ0n) is 22.9. The molecule has 0 aliphatic carbocycles. The van der Waals surface area contributed by atoms with E-state index in [1.54, 1.807) is 0 Å². The Morgan fingerprint density at radius 3 is 2.41 bits per heavy atom. The van der Waals surface area contributed by atoms with Gasteiger partial charge in [0.25, 0.3) is 0 Å². The second-order valence-electron chi connectivity index (χ2n) is 11.2. The fraction of sp³-hybridized carbons (Fsp3) is 0.265. The van der Waals surface area contributed by atoms with Gasteiger partial charge in [-0.2, -0.15) is 0 Å². The highest BCUT2D eigenvalue weighted by atomic mass is 16.6. The SMILES string of the molecule is CCC(C)(C)CCNc1cccc2c1C1(OC(=O)c3ccccc31)c1cc(Nc3ccccc3)c(C)cc1O2. The van der Waals surface area contributed by atoms with Gasteiger partial charge in [0, 0.05) is 34.7 Å². The lowest BCUT2D eigenvalue weighted by atomic mass is 9.76. The first-order valence-corrected chi connectivity index (χ1v) is 13.7. The monoisotopic (exact) mass is 518 g/mol. The topological polar surface area (TPSA) is 59.6 Å². The average molecular weight is 519 g/mol. The van der Waals surface area contributed by atoms with Crippen LogP contribution in [0, 0.1) is 12.3 Å². The molecule has 4 aromatic rings. The number of anilines is 3. The summed E-state index contributed by atoms with van der Waals surface area (Å²) in [5, 5.41) is 7.22. The molecule has 1 unspecified atom stereocenters. The van der Waals surface area contributed by atoms with Crippen LogP contribution in [0.1, 0.15) is 66.2 Å². The molecule has 1 spiro atoms. The summed E-state index contributed by atoms with van der Waals surface area (Å²) in [5.41, 5.74) is 6.00. The van der Waals surface area contributed by atoms with Gasteiger partial charge in [0.15, 0.2) is 5.60 Å². The van der Waals surface area contributed by atoms with Gasteiger partial charge in [-0.1, -0.05) is 69.7 Å². The average Bonchev–Trinajstić information content (AvgIpc) is 3.23. The van der Waals surface area contributed by atoms with Crippen LogP contribution in [-0.2, 0) is 10.3 Å². The molecule has 0 aromatic heterocycles. The second kappa shape index (κ2) is 9.49. The van der Waals surface area contributed by atoms with Gasteiger partial charge < -0.3 is 20.1 Å². The third-order valence-corrected chi connectivity index (χ3v) is 8.20. The number of benzene rings is 4. The van der Waals surface area contributed by atoms with Crippen LogP contribution in [0.2, 0.25) is 0 Å². The Morgan fingerprint density at radius 2 is 1.62 bits per heavy atom. The van der Waals surface area contributed by atoms with Crippen LogP contribution >= 0.6 is 0 Å². The lowest BCUT2D eigenvalue weighted by Crippen LogP contribution is -2.34. The van der Waals surface area contributed by atoms with Crippen LogP contribution in [0.15, 0.2) is 84.9 Å². The van der Waals surface area contributed by atoms with Gasteiger partial charge in [0.2, 0.25) is 0 Å². The maximum absolute atomic E-state index is 13.4. The number of rotatable bonds is 7. The maximum Gasteiger partial charge on any atom is 0.340 e. The van der Waals surface area contributed by atoms with E-state index in [0.717, 1.165) is 58.7 Å². The van der Waals surface area contributed by atoms with E-state index in [9.17, 15) is 4.79 Å². The van der Waals surface area contributed by atoms with Gasteiger partial charge >= 0.3 is 5.97 Å². The molecule has 2 heterocycles. The quantitative estimate of drug-likeness (QED) is 0.240. The van der Waals surface area contributed by atoms with Crippen molar-refractivity contribution >= 4 is 23.0 Å². The molecule has 1 atom stereocenters. The zero-order valence-corrected chi connectivity index (χ0v) is 22.9. The number of hydrogen-bond acceptors (Lipinski definition) is 5. The van der Waals surface area contributed by atoms with E-state index in [1.165, 1.54) is 0 Å². The van der Waals surface area contributed by atoms with E-state index in [-0.39, 0.29) is 11.4 Å². The Labute approximate surface area is 230 Å². The Balaban J connectivity index is 1.53.